The van der Waals surface area contributed by atoms with Crippen LogP contribution in [0.3, 0.4) is 0 Å². The number of halogens is 1. The van der Waals surface area contributed by atoms with Gasteiger partial charge in [0.15, 0.2) is 5.82 Å². The highest BCUT2D eigenvalue weighted by atomic mass is 19.1. The Bertz CT molecular complexity index is 1060. The third-order valence-electron chi connectivity index (χ3n) is 5.89. The lowest BCUT2D eigenvalue weighted by Crippen LogP contribution is -2.16. The smallest absolute Gasteiger partial charge is 0.225 e. The van der Waals surface area contributed by atoms with Crippen LogP contribution in [0.15, 0.2) is 72.9 Å². The van der Waals surface area contributed by atoms with Crippen LogP contribution >= 0.6 is 0 Å². The number of rotatable bonds is 8. The van der Waals surface area contributed by atoms with Crippen molar-refractivity contribution in [1.82, 2.24) is 9.97 Å². The quantitative estimate of drug-likeness (QED) is 0.437. The van der Waals surface area contributed by atoms with Gasteiger partial charge < -0.3 is 5.32 Å². The Morgan fingerprint density at radius 1 is 1.03 bits per heavy atom. The van der Waals surface area contributed by atoms with Crippen molar-refractivity contribution in [1.29, 1.82) is 0 Å². The predicted molar refractivity (Wildman–Crippen MR) is 126 cm³/mol. The zero-order chi connectivity index (χ0) is 22.2. The fraction of sp³-hybridized carbons (Fsp3) is 0.296. The Hall–Kier alpha value is -3.34. The van der Waals surface area contributed by atoms with Gasteiger partial charge in [-0.25, -0.2) is 14.4 Å². The van der Waals surface area contributed by atoms with Gasteiger partial charge in [-0.05, 0) is 74.3 Å². The molecule has 1 amide bonds. The van der Waals surface area contributed by atoms with Crippen LogP contribution < -0.4 is 5.32 Å². The molecule has 0 saturated heterocycles. The molecule has 0 aliphatic heterocycles. The van der Waals surface area contributed by atoms with E-state index in [4.69, 9.17) is 4.98 Å². The molecule has 0 fully saturated rings. The van der Waals surface area contributed by atoms with Crippen LogP contribution in [0.4, 0.5) is 10.2 Å². The average Bonchev–Trinajstić information content (AvgIpc) is 2.84. The first-order valence-corrected chi connectivity index (χ1v) is 11.3. The van der Waals surface area contributed by atoms with Crippen LogP contribution in [0, 0.1) is 11.7 Å². The topological polar surface area (TPSA) is 54.9 Å². The monoisotopic (exact) mass is 429 g/mol. The number of carbonyl (C=O) groups excluding carboxylic acids is 1. The molecule has 0 bridgehead atoms. The second-order valence-corrected chi connectivity index (χ2v) is 8.28. The van der Waals surface area contributed by atoms with E-state index in [2.05, 4.69) is 22.5 Å². The lowest BCUT2D eigenvalue weighted by Gasteiger charge is -2.18. The molecule has 5 heteroatoms. The largest absolute Gasteiger partial charge is 0.309 e. The standard InChI is InChI=1S/C27H28FN3O/c28-23-15-13-22(14-16-23)25-19-29-27(24(30-25)17-11-20-7-3-1-4-8-20)31-26(32)18-12-21-9-5-2-6-10-21/h1-3,5-6,9-10,13-16,19-20H,4,7-8,11-12,17-18H2,(H,29,31,32). The molecule has 4 nitrogen and oxygen atoms in total. The van der Waals surface area contributed by atoms with E-state index in [-0.39, 0.29) is 11.7 Å². The van der Waals surface area contributed by atoms with E-state index in [1.807, 2.05) is 30.3 Å². The summed E-state index contributed by atoms with van der Waals surface area (Å²) in [5.74, 6) is 0.798. The molecular formula is C27H28FN3O. The molecule has 164 valence electrons. The highest BCUT2D eigenvalue weighted by Crippen LogP contribution is 2.26. The van der Waals surface area contributed by atoms with Crippen LogP contribution in [0.25, 0.3) is 11.3 Å². The van der Waals surface area contributed by atoms with E-state index in [0.29, 0.717) is 30.3 Å². The fourth-order valence-electron chi connectivity index (χ4n) is 4.02. The minimum atomic E-state index is -0.283. The van der Waals surface area contributed by atoms with E-state index >= 15 is 0 Å². The number of anilines is 1. The molecule has 0 radical (unpaired) electrons. The van der Waals surface area contributed by atoms with Gasteiger partial charge in [-0.2, -0.15) is 0 Å². The fourth-order valence-corrected chi connectivity index (χ4v) is 4.02. The summed E-state index contributed by atoms with van der Waals surface area (Å²) in [5, 5.41) is 2.97. The third kappa shape index (κ3) is 6.10. The molecular weight excluding hydrogens is 401 g/mol. The summed E-state index contributed by atoms with van der Waals surface area (Å²) in [6, 6.07) is 16.2. The highest BCUT2D eigenvalue weighted by Gasteiger charge is 2.16. The van der Waals surface area contributed by atoms with Gasteiger partial charge in [0.1, 0.15) is 5.82 Å². The summed E-state index contributed by atoms with van der Waals surface area (Å²) >= 11 is 0. The minimum absolute atomic E-state index is 0.0699. The first-order chi connectivity index (χ1) is 15.7. The van der Waals surface area contributed by atoms with Gasteiger partial charge in [-0.15, -0.1) is 0 Å². The van der Waals surface area contributed by atoms with Crippen molar-refractivity contribution < 1.29 is 9.18 Å². The van der Waals surface area contributed by atoms with E-state index in [9.17, 15) is 9.18 Å². The number of carbonyl (C=O) groups is 1. The Balaban J connectivity index is 1.49. The maximum atomic E-state index is 13.3. The summed E-state index contributed by atoms with van der Waals surface area (Å²) < 4.78 is 13.3. The Morgan fingerprint density at radius 3 is 2.59 bits per heavy atom. The molecule has 1 aliphatic carbocycles. The molecule has 1 atom stereocenters. The number of allylic oxidation sites excluding steroid dienone is 2. The average molecular weight is 430 g/mol. The Kier molecular flexibility index (Phi) is 7.38. The molecule has 1 heterocycles. The van der Waals surface area contributed by atoms with Crippen molar-refractivity contribution in [2.24, 2.45) is 5.92 Å². The second-order valence-electron chi connectivity index (χ2n) is 8.28. The highest BCUT2D eigenvalue weighted by molar-refractivity contribution is 5.90. The molecule has 3 aromatic rings. The molecule has 1 unspecified atom stereocenters. The summed E-state index contributed by atoms with van der Waals surface area (Å²) in [6.07, 6.45) is 12.3. The molecule has 1 N–H and O–H groups in total. The number of amides is 1. The van der Waals surface area contributed by atoms with E-state index in [1.165, 1.54) is 18.6 Å². The predicted octanol–water partition coefficient (Wildman–Crippen LogP) is 6.14. The summed E-state index contributed by atoms with van der Waals surface area (Å²) in [7, 11) is 0. The van der Waals surface area contributed by atoms with Crippen LogP contribution in [0.5, 0.6) is 0 Å². The zero-order valence-corrected chi connectivity index (χ0v) is 18.1. The molecule has 0 spiro atoms. The van der Waals surface area contributed by atoms with E-state index in [0.717, 1.165) is 42.5 Å². The number of nitrogens with zero attached hydrogens (tertiary/aromatic N) is 2. The van der Waals surface area contributed by atoms with Crippen LogP contribution in [-0.2, 0) is 17.6 Å². The van der Waals surface area contributed by atoms with Crippen LogP contribution in [0.1, 0.15) is 43.4 Å². The van der Waals surface area contributed by atoms with Crippen molar-refractivity contribution in [2.45, 2.75) is 44.9 Å². The number of nitrogens with one attached hydrogen (secondary N) is 1. The number of aryl methyl sites for hydroxylation is 2. The van der Waals surface area contributed by atoms with Crippen LogP contribution in [0.2, 0.25) is 0 Å². The van der Waals surface area contributed by atoms with E-state index < -0.39 is 0 Å². The lowest BCUT2D eigenvalue weighted by molar-refractivity contribution is -0.116. The summed E-state index contributed by atoms with van der Waals surface area (Å²) in [6.45, 7) is 0. The Morgan fingerprint density at radius 2 is 1.84 bits per heavy atom. The van der Waals surface area contributed by atoms with Crippen molar-refractivity contribution in [2.75, 3.05) is 5.32 Å². The SMILES string of the molecule is O=C(CCc1ccccc1)Nc1ncc(-c2ccc(F)cc2)nc1CCC1CC=CCC1. The molecule has 4 rings (SSSR count). The van der Waals surface area contributed by atoms with Gasteiger partial charge in [0.05, 0.1) is 17.6 Å². The van der Waals surface area contributed by atoms with E-state index in [1.54, 1.807) is 18.3 Å². The number of aromatic nitrogens is 2. The number of hydrogen-bond donors (Lipinski definition) is 1. The van der Waals surface area contributed by atoms with Crippen molar-refractivity contribution >= 4 is 11.7 Å². The molecule has 2 aromatic carbocycles. The first-order valence-electron chi connectivity index (χ1n) is 11.3. The first kappa shape index (κ1) is 21.9. The molecule has 32 heavy (non-hydrogen) atoms. The van der Waals surface area contributed by atoms with Crippen molar-refractivity contribution in [3.05, 3.63) is 90.0 Å². The summed E-state index contributed by atoms with van der Waals surface area (Å²) in [4.78, 5) is 22.0. The lowest BCUT2D eigenvalue weighted by atomic mass is 9.90. The zero-order valence-electron chi connectivity index (χ0n) is 18.1. The minimum Gasteiger partial charge on any atom is -0.309 e. The second kappa shape index (κ2) is 10.8. The van der Waals surface area contributed by atoms with Gasteiger partial charge in [0.2, 0.25) is 5.91 Å². The number of benzene rings is 2. The van der Waals surface area contributed by atoms with Gasteiger partial charge >= 0.3 is 0 Å². The third-order valence-corrected chi connectivity index (χ3v) is 5.89. The van der Waals surface area contributed by atoms with Crippen molar-refractivity contribution in [3.8, 4) is 11.3 Å². The molecule has 1 aromatic heterocycles. The molecule has 0 saturated carbocycles. The maximum absolute atomic E-state index is 13.3. The van der Waals surface area contributed by atoms with Gasteiger partial charge in [-0.1, -0.05) is 42.5 Å². The van der Waals surface area contributed by atoms with Gasteiger partial charge in [0.25, 0.3) is 0 Å². The number of hydrogen-bond acceptors (Lipinski definition) is 3. The van der Waals surface area contributed by atoms with Gasteiger partial charge in [-0.3, -0.25) is 4.79 Å². The van der Waals surface area contributed by atoms with Crippen LogP contribution in [-0.4, -0.2) is 15.9 Å². The Labute approximate surface area is 188 Å². The van der Waals surface area contributed by atoms with Gasteiger partial charge in [0, 0.05) is 12.0 Å². The van der Waals surface area contributed by atoms with Crippen molar-refractivity contribution in [3.63, 3.8) is 0 Å². The normalized spacial score (nSPS) is 15.5. The molecule has 1 aliphatic rings. The summed E-state index contributed by atoms with van der Waals surface area (Å²) in [5.41, 5.74) is 3.41. The maximum Gasteiger partial charge on any atom is 0.225 e.